The van der Waals surface area contributed by atoms with E-state index < -0.39 is 0 Å². The van der Waals surface area contributed by atoms with E-state index in [0.717, 1.165) is 97.9 Å². The molecule has 2 amide bonds. The standard InChI is InChI=1S/C37H44N12O2/c38-46-41-14-19-49-22-20-48(21-23-49)18-13-40-37(51)29-9-11-31-33(25-29)45-35(43-31)27-6-4-26(5-7-27)34-42-30-10-8-28(24-32(30)44-34)36(50)39-12-17-47-15-2-1-3-16-47/h4-11,24-25H,1-3,12-23H2,(H,39,50)(H,40,51)(H,42,44)(H,43,45). The monoisotopic (exact) mass is 688 g/mol. The van der Waals surface area contributed by atoms with Gasteiger partial charge in [-0.25, -0.2) is 9.97 Å². The number of nitrogens with zero attached hydrogens (tertiary/aromatic N) is 8. The highest BCUT2D eigenvalue weighted by Crippen LogP contribution is 2.26. The summed E-state index contributed by atoms with van der Waals surface area (Å²) < 4.78 is 0. The van der Waals surface area contributed by atoms with Gasteiger partial charge in [0.15, 0.2) is 0 Å². The smallest absolute Gasteiger partial charge is 0.251 e. The zero-order valence-corrected chi connectivity index (χ0v) is 28.8. The summed E-state index contributed by atoms with van der Waals surface area (Å²) in [5.41, 5.74) is 14.7. The molecule has 0 bridgehead atoms. The van der Waals surface area contributed by atoms with Crippen molar-refractivity contribution in [1.82, 2.24) is 45.3 Å². The number of piperidine rings is 1. The topological polar surface area (TPSA) is 174 Å². The van der Waals surface area contributed by atoms with Gasteiger partial charge in [0.2, 0.25) is 0 Å². The average Bonchev–Trinajstić information content (AvgIpc) is 3.80. The van der Waals surface area contributed by atoms with Gasteiger partial charge >= 0.3 is 0 Å². The number of aromatic amines is 2. The Labute approximate surface area is 296 Å². The Morgan fingerprint density at radius 2 is 1.14 bits per heavy atom. The van der Waals surface area contributed by atoms with Crippen molar-refractivity contribution in [1.29, 1.82) is 0 Å². The van der Waals surface area contributed by atoms with Gasteiger partial charge in [0, 0.05) is 92.6 Å². The molecule has 2 saturated heterocycles. The number of carbonyl (C=O) groups is 2. The van der Waals surface area contributed by atoms with Crippen molar-refractivity contribution in [3.05, 3.63) is 82.2 Å². The number of fused-ring (bicyclic) bond motifs is 2. The van der Waals surface area contributed by atoms with E-state index in [1.165, 1.54) is 19.3 Å². The van der Waals surface area contributed by atoms with Crippen molar-refractivity contribution >= 4 is 33.9 Å². The van der Waals surface area contributed by atoms with E-state index in [4.69, 9.17) is 15.5 Å². The highest BCUT2D eigenvalue weighted by molar-refractivity contribution is 5.98. The van der Waals surface area contributed by atoms with Crippen LogP contribution in [0.1, 0.15) is 40.0 Å². The van der Waals surface area contributed by atoms with E-state index in [0.29, 0.717) is 36.6 Å². The number of carbonyl (C=O) groups excluding carboxylic acids is 2. The molecule has 0 aliphatic carbocycles. The molecular formula is C37H44N12O2. The second-order valence-corrected chi connectivity index (χ2v) is 13.3. The molecule has 264 valence electrons. The van der Waals surface area contributed by atoms with Crippen molar-refractivity contribution in [2.75, 3.05) is 78.5 Å². The number of likely N-dealkylation sites (tertiary alicyclic amines) is 1. The number of piperazine rings is 1. The Bertz CT molecular complexity index is 2020. The van der Waals surface area contributed by atoms with Crippen LogP contribution >= 0.6 is 0 Å². The molecule has 4 heterocycles. The number of imidazole rings is 2. The molecule has 2 aliphatic heterocycles. The highest BCUT2D eigenvalue weighted by Gasteiger charge is 2.17. The molecule has 0 radical (unpaired) electrons. The number of benzene rings is 3. The number of aromatic nitrogens is 4. The number of hydrogen-bond donors (Lipinski definition) is 4. The maximum atomic E-state index is 12.9. The maximum Gasteiger partial charge on any atom is 0.251 e. The Hall–Kier alpha value is -5.27. The van der Waals surface area contributed by atoms with Gasteiger partial charge in [0.1, 0.15) is 11.6 Å². The van der Waals surface area contributed by atoms with Gasteiger partial charge in [0.05, 0.1) is 22.1 Å². The lowest BCUT2D eigenvalue weighted by Gasteiger charge is -2.34. The van der Waals surface area contributed by atoms with Gasteiger partial charge in [-0.1, -0.05) is 35.8 Å². The van der Waals surface area contributed by atoms with Gasteiger partial charge in [-0.15, -0.1) is 0 Å². The highest BCUT2D eigenvalue weighted by atomic mass is 16.2. The lowest BCUT2D eigenvalue weighted by atomic mass is 10.1. The lowest BCUT2D eigenvalue weighted by Crippen LogP contribution is -2.48. The molecule has 2 fully saturated rings. The molecular weight excluding hydrogens is 644 g/mol. The molecule has 0 unspecified atom stereocenters. The second kappa shape index (κ2) is 16.2. The maximum absolute atomic E-state index is 12.9. The molecule has 0 saturated carbocycles. The lowest BCUT2D eigenvalue weighted by molar-refractivity contribution is 0.0932. The van der Waals surface area contributed by atoms with Crippen molar-refractivity contribution < 1.29 is 9.59 Å². The molecule has 0 spiro atoms. The van der Waals surface area contributed by atoms with Crippen LogP contribution in [0.3, 0.4) is 0 Å². The summed E-state index contributed by atoms with van der Waals surface area (Å²) in [6, 6.07) is 19.1. The first kappa shape index (κ1) is 34.2. The molecule has 2 aromatic heterocycles. The molecule has 4 N–H and O–H groups in total. The van der Waals surface area contributed by atoms with Crippen molar-refractivity contribution in [3.8, 4) is 22.8 Å². The van der Waals surface area contributed by atoms with E-state index >= 15 is 0 Å². The average molecular weight is 689 g/mol. The summed E-state index contributed by atoms with van der Waals surface area (Å²) in [4.78, 5) is 51.9. The van der Waals surface area contributed by atoms with Crippen LogP contribution in [0, 0.1) is 0 Å². The van der Waals surface area contributed by atoms with Gasteiger partial charge in [-0.05, 0) is 67.9 Å². The molecule has 51 heavy (non-hydrogen) atoms. The van der Waals surface area contributed by atoms with Gasteiger partial charge in [0.25, 0.3) is 11.8 Å². The minimum atomic E-state index is -0.114. The van der Waals surface area contributed by atoms with Gasteiger partial charge in [-0.2, -0.15) is 0 Å². The van der Waals surface area contributed by atoms with Crippen molar-refractivity contribution in [2.24, 2.45) is 5.11 Å². The van der Waals surface area contributed by atoms with E-state index in [2.05, 4.69) is 45.3 Å². The Morgan fingerprint density at radius 1 is 0.667 bits per heavy atom. The first-order valence-electron chi connectivity index (χ1n) is 17.9. The SMILES string of the molecule is [N-]=[N+]=NCCN1CCN(CCNC(=O)c2ccc3nc(-c4ccc(-c5nc6ccc(C(=O)NCCN7CCCCC7)cc6[nH]5)cc4)[nH]c3c2)CC1. The number of nitrogens with one attached hydrogen (secondary N) is 4. The summed E-state index contributed by atoms with van der Waals surface area (Å²) in [6.45, 7) is 10.1. The van der Waals surface area contributed by atoms with Crippen LogP contribution in [-0.2, 0) is 0 Å². The molecule has 14 heteroatoms. The quantitative estimate of drug-likeness (QED) is 0.0792. The summed E-state index contributed by atoms with van der Waals surface area (Å²) in [7, 11) is 0. The number of azide groups is 1. The number of H-pyrrole nitrogens is 2. The van der Waals surface area contributed by atoms with Crippen molar-refractivity contribution in [2.45, 2.75) is 19.3 Å². The van der Waals surface area contributed by atoms with Crippen molar-refractivity contribution in [3.63, 3.8) is 0 Å². The van der Waals surface area contributed by atoms with Gasteiger partial charge < -0.3 is 30.4 Å². The van der Waals surface area contributed by atoms with Crippen LogP contribution in [0.4, 0.5) is 0 Å². The third-order valence-electron chi connectivity index (χ3n) is 9.84. The Morgan fingerprint density at radius 3 is 1.63 bits per heavy atom. The predicted molar refractivity (Wildman–Crippen MR) is 198 cm³/mol. The number of amides is 2. The van der Waals surface area contributed by atoms with E-state index in [1.54, 1.807) is 6.07 Å². The van der Waals surface area contributed by atoms with Crippen LogP contribution in [0.5, 0.6) is 0 Å². The zero-order valence-electron chi connectivity index (χ0n) is 28.8. The number of rotatable bonds is 13. The second-order valence-electron chi connectivity index (χ2n) is 13.3. The van der Waals surface area contributed by atoms with E-state index in [1.807, 2.05) is 54.6 Å². The third-order valence-corrected chi connectivity index (χ3v) is 9.84. The fourth-order valence-electron chi connectivity index (χ4n) is 6.87. The van der Waals surface area contributed by atoms with Crippen LogP contribution in [0.15, 0.2) is 65.8 Å². The van der Waals surface area contributed by atoms with Crippen LogP contribution in [0.2, 0.25) is 0 Å². The summed E-state index contributed by atoms with van der Waals surface area (Å²) in [5.74, 6) is 1.25. The predicted octanol–water partition coefficient (Wildman–Crippen LogP) is 4.65. The molecule has 3 aromatic carbocycles. The van der Waals surface area contributed by atoms with Gasteiger partial charge in [-0.3, -0.25) is 14.5 Å². The summed E-state index contributed by atoms with van der Waals surface area (Å²) in [6.07, 6.45) is 3.78. The number of hydrogen-bond acceptors (Lipinski definition) is 8. The first-order chi connectivity index (χ1) is 25.0. The van der Waals surface area contributed by atoms with Crippen LogP contribution < -0.4 is 10.6 Å². The normalized spacial score (nSPS) is 15.9. The fourth-order valence-corrected chi connectivity index (χ4v) is 6.87. The summed E-state index contributed by atoms with van der Waals surface area (Å²) in [5, 5.41) is 9.72. The Kier molecular flexibility index (Phi) is 10.8. The molecule has 14 nitrogen and oxygen atoms in total. The van der Waals surface area contributed by atoms with E-state index in [-0.39, 0.29) is 11.8 Å². The molecule has 2 aliphatic rings. The fraction of sp³-hybridized carbons (Fsp3) is 0.405. The Balaban J connectivity index is 0.923. The third kappa shape index (κ3) is 8.55. The van der Waals surface area contributed by atoms with Crippen LogP contribution in [-0.4, -0.2) is 125 Å². The largest absolute Gasteiger partial charge is 0.351 e. The summed E-state index contributed by atoms with van der Waals surface area (Å²) >= 11 is 0. The van der Waals surface area contributed by atoms with E-state index in [9.17, 15) is 9.59 Å². The molecule has 0 atom stereocenters. The minimum Gasteiger partial charge on any atom is -0.351 e. The molecule has 7 rings (SSSR count). The zero-order chi connectivity index (χ0) is 35.0. The first-order valence-corrected chi connectivity index (χ1v) is 17.9. The molecule has 5 aromatic rings. The van der Waals surface area contributed by atoms with Crippen LogP contribution in [0.25, 0.3) is 55.3 Å². The minimum absolute atomic E-state index is 0.0737.